The first kappa shape index (κ1) is 32.2. The fourth-order valence-corrected chi connectivity index (χ4v) is 5.59. The normalized spacial score (nSPS) is 15.8. The summed E-state index contributed by atoms with van der Waals surface area (Å²) in [7, 11) is 3.46. The lowest BCUT2D eigenvalue weighted by atomic mass is 9.84. The van der Waals surface area contributed by atoms with Crippen LogP contribution in [0.5, 0.6) is 5.75 Å². The lowest BCUT2D eigenvalue weighted by Gasteiger charge is -2.31. The Labute approximate surface area is 246 Å². The number of carboxylic acids is 1. The molecule has 2 fully saturated rings. The Balaban J connectivity index is 0.00000226. The third-order valence-corrected chi connectivity index (χ3v) is 8.11. The molecule has 7 nitrogen and oxygen atoms in total. The van der Waals surface area contributed by atoms with Gasteiger partial charge in [0.05, 0.1) is 12.2 Å². The number of likely N-dealkylation sites (N-methyl/N-ethyl adjacent to an activating group) is 1. The van der Waals surface area contributed by atoms with Crippen molar-refractivity contribution in [2.24, 2.45) is 11.8 Å². The van der Waals surface area contributed by atoms with Crippen LogP contribution in [0, 0.1) is 11.8 Å². The molecule has 4 rings (SSSR count). The molecule has 0 aromatic heterocycles. The van der Waals surface area contributed by atoms with E-state index in [2.05, 4.69) is 11.9 Å². The Bertz CT molecular complexity index is 1130. The summed E-state index contributed by atoms with van der Waals surface area (Å²) in [5, 5.41) is 13.2. The Hall–Kier alpha value is -3.32. The molecule has 0 radical (unpaired) electrons. The molecule has 1 aliphatic heterocycles. The zero-order valence-corrected chi connectivity index (χ0v) is 25.5. The van der Waals surface area contributed by atoms with Crippen molar-refractivity contribution in [1.82, 2.24) is 10.2 Å². The summed E-state index contributed by atoms with van der Waals surface area (Å²) in [6, 6.07) is 13.1. The molecule has 2 aromatic carbocycles. The number of carboxylic acid groups (broad SMARTS) is 1. The van der Waals surface area contributed by atoms with Gasteiger partial charge in [-0.05, 0) is 91.7 Å². The highest BCUT2D eigenvalue weighted by atomic mass is 16.5. The van der Waals surface area contributed by atoms with E-state index >= 15 is 0 Å². The molecule has 2 aromatic rings. The second kappa shape index (κ2) is 16.2. The predicted octanol–water partition coefficient (Wildman–Crippen LogP) is 6.48. The van der Waals surface area contributed by atoms with Crippen LogP contribution in [0.25, 0.3) is 5.70 Å². The number of aromatic carboxylic acids is 1. The molecule has 2 N–H and O–H groups in total. The molecule has 1 saturated heterocycles. The third kappa shape index (κ3) is 9.35. The number of nitrogens with one attached hydrogen (secondary N) is 1. The number of amides is 1. The van der Waals surface area contributed by atoms with Crippen molar-refractivity contribution in [2.75, 3.05) is 45.2 Å². The number of hydrogen-bond donors (Lipinski definition) is 2. The molecule has 1 amide bonds. The maximum Gasteiger partial charge on any atom is 0.335 e. The van der Waals surface area contributed by atoms with Crippen LogP contribution in [0.15, 0.2) is 49.0 Å². The fraction of sp³-hybridized carbons (Fsp3) is 0.529. The number of benzene rings is 2. The van der Waals surface area contributed by atoms with Crippen molar-refractivity contribution in [3.8, 4) is 5.75 Å². The first-order valence-electron chi connectivity index (χ1n) is 15.3. The molecule has 0 spiro atoms. The Kier molecular flexibility index (Phi) is 12.7. The van der Waals surface area contributed by atoms with Crippen LogP contribution in [-0.4, -0.2) is 62.2 Å². The summed E-state index contributed by atoms with van der Waals surface area (Å²) >= 11 is 0. The molecular formula is C34H49N3O4. The highest BCUT2D eigenvalue weighted by molar-refractivity contribution is 5.93. The van der Waals surface area contributed by atoms with E-state index in [-0.39, 0.29) is 18.0 Å². The van der Waals surface area contributed by atoms with Crippen LogP contribution >= 0.6 is 0 Å². The summed E-state index contributed by atoms with van der Waals surface area (Å²) in [5.74, 6) is 0.872. The van der Waals surface area contributed by atoms with Crippen LogP contribution in [0.4, 0.5) is 5.69 Å². The van der Waals surface area contributed by atoms with Crippen LogP contribution in [0.3, 0.4) is 0 Å². The molecule has 1 saturated carbocycles. The summed E-state index contributed by atoms with van der Waals surface area (Å²) in [5.41, 5.74) is 3.52. The van der Waals surface area contributed by atoms with Gasteiger partial charge in [-0.3, -0.25) is 4.79 Å². The van der Waals surface area contributed by atoms with Crippen molar-refractivity contribution < 1.29 is 19.4 Å². The van der Waals surface area contributed by atoms with Crippen molar-refractivity contribution in [2.45, 2.75) is 65.2 Å². The molecule has 2 aliphatic rings. The van der Waals surface area contributed by atoms with Gasteiger partial charge in [0.1, 0.15) is 12.3 Å². The highest BCUT2D eigenvalue weighted by Crippen LogP contribution is 2.35. The average Bonchev–Trinajstić information content (AvgIpc) is 3.01. The van der Waals surface area contributed by atoms with Gasteiger partial charge in [-0.25, -0.2) is 4.79 Å². The van der Waals surface area contributed by atoms with Gasteiger partial charge in [0.15, 0.2) is 0 Å². The second-order valence-electron chi connectivity index (χ2n) is 11.2. The molecule has 1 heterocycles. The standard InChI is InChI=1S/C32H43N3O4.C2H6/c1-23(26-11-13-29(14-12-26)39-22-25-15-17-33-18-16-25)35(21-31(36)34(2)3)30-20-28(32(37)38)10-9-27(30)19-24-7-5-4-6-8-24;1-2/h9-14,20,24-25,33H,1,4-8,15-19,21-22H2,2-3H3,(H,37,38);1-2H3. The zero-order valence-electron chi connectivity index (χ0n) is 25.5. The number of ether oxygens (including phenoxy) is 1. The van der Waals surface area contributed by atoms with Crippen LogP contribution in [-0.2, 0) is 11.2 Å². The molecule has 0 atom stereocenters. The van der Waals surface area contributed by atoms with E-state index in [9.17, 15) is 14.7 Å². The van der Waals surface area contributed by atoms with Crippen LogP contribution in [0.2, 0.25) is 0 Å². The number of piperidine rings is 1. The van der Waals surface area contributed by atoms with Crippen LogP contribution < -0.4 is 15.0 Å². The first-order chi connectivity index (χ1) is 19.8. The lowest BCUT2D eigenvalue weighted by molar-refractivity contribution is -0.127. The van der Waals surface area contributed by atoms with Gasteiger partial charge in [-0.2, -0.15) is 0 Å². The number of rotatable bonds is 11. The fourth-order valence-electron chi connectivity index (χ4n) is 5.59. The Morgan fingerprint density at radius 3 is 2.17 bits per heavy atom. The van der Waals surface area contributed by atoms with E-state index in [4.69, 9.17) is 4.74 Å². The summed E-state index contributed by atoms with van der Waals surface area (Å²) < 4.78 is 6.07. The van der Waals surface area contributed by atoms with Gasteiger partial charge in [-0.1, -0.05) is 58.6 Å². The highest BCUT2D eigenvalue weighted by Gasteiger charge is 2.24. The van der Waals surface area contributed by atoms with Crippen molar-refractivity contribution in [3.63, 3.8) is 0 Å². The largest absolute Gasteiger partial charge is 0.493 e. The monoisotopic (exact) mass is 563 g/mol. The van der Waals surface area contributed by atoms with Gasteiger partial charge in [-0.15, -0.1) is 0 Å². The Morgan fingerprint density at radius 2 is 1.56 bits per heavy atom. The molecule has 41 heavy (non-hydrogen) atoms. The number of anilines is 1. The third-order valence-electron chi connectivity index (χ3n) is 8.11. The van der Waals surface area contributed by atoms with E-state index in [1.165, 1.54) is 32.1 Å². The van der Waals surface area contributed by atoms with E-state index < -0.39 is 5.97 Å². The molecule has 7 heteroatoms. The summed E-state index contributed by atoms with van der Waals surface area (Å²) in [6.45, 7) is 11.2. The second-order valence-corrected chi connectivity index (χ2v) is 11.2. The molecule has 1 aliphatic carbocycles. The number of carbonyl (C=O) groups is 2. The average molecular weight is 564 g/mol. The van der Waals surface area contributed by atoms with Crippen LogP contribution in [0.1, 0.15) is 80.3 Å². The molecular weight excluding hydrogens is 514 g/mol. The Morgan fingerprint density at radius 1 is 0.927 bits per heavy atom. The topological polar surface area (TPSA) is 82.1 Å². The number of hydrogen-bond acceptors (Lipinski definition) is 5. The minimum absolute atomic E-state index is 0.0700. The van der Waals surface area contributed by atoms with Crippen molar-refractivity contribution in [1.29, 1.82) is 0 Å². The molecule has 0 unspecified atom stereocenters. The van der Waals surface area contributed by atoms with E-state index in [1.54, 1.807) is 31.1 Å². The SMILES string of the molecule is C=C(c1ccc(OCC2CCNCC2)cc1)N(CC(=O)N(C)C)c1cc(C(=O)O)ccc1CC1CCCCC1.CC. The van der Waals surface area contributed by atoms with Gasteiger partial charge in [0, 0.05) is 25.5 Å². The van der Waals surface area contributed by atoms with Gasteiger partial charge < -0.3 is 25.0 Å². The molecule has 224 valence electrons. The number of carbonyl (C=O) groups excluding carboxylic acids is 1. The summed E-state index contributed by atoms with van der Waals surface area (Å²) in [4.78, 5) is 28.3. The zero-order chi connectivity index (χ0) is 29.8. The summed E-state index contributed by atoms with van der Waals surface area (Å²) in [6.07, 6.45) is 9.21. The minimum Gasteiger partial charge on any atom is -0.493 e. The van der Waals surface area contributed by atoms with E-state index in [0.717, 1.165) is 54.9 Å². The van der Waals surface area contributed by atoms with Gasteiger partial charge in [0.25, 0.3) is 0 Å². The van der Waals surface area contributed by atoms with Gasteiger partial charge >= 0.3 is 5.97 Å². The number of nitrogens with zero attached hydrogens (tertiary/aromatic N) is 2. The molecule has 0 bridgehead atoms. The lowest BCUT2D eigenvalue weighted by Crippen LogP contribution is -2.36. The maximum atomic E-state index is 13.0. The van der Waals surface area contributed by atoms with Gasteiger partial charge in [0.2, 0.25) is 5.91 Å². The van der Waals surface area contributed by atoms with E-state index in [0.29, 0.717) is 24.1 Å². The van der Waals surface area contributed by atoms with Crippen molar-refractivity contribution in [3.05, 3.63) is 65.7 Å². The van der Waals surface area contributed by atoms with E-state index in [1.807, 2.05) is 49.1 Å². The minimum atomic E-state index is -0.986. The first-order valence-corrected chi connectivity index (χ1v) is 15.3. The quantitative estimate of drug-likeness (QED) is 0.326. The maximum absolute atomic E-state index is 13.0. The van der Waals surface area contributed by atoms with Crippen molar-refractivity contribution >= 4 is 23.3 Å². The smallest absolute Gasteiger partial charge is 0.335 e. The predicted molar refractivity (Wildman–Crippen MR) is 168 cm³/mol.